The number of carbonyl (C=O) groups is 2. The summed E-state index contributed by atoms with van der Waals surface area (Å²) in [6, 6.07) is 0. The van der Waals surface area contributed by atoms with Gasteiger partial charge in [-0.15, -0.1) is 0 Å². The Balaban J connectivity index is 3.55. The molecule has 0 saturated heterocycles. The summed E-state index contributed by atoms with van der Waals surface area (Å²) in [6.07, 6.45) is 3.71. The van der Waals surface area contributed by atoms with Crippen molar-refractivity contribution >= 4 is 11.9 Å². The third-order valence-electron chi connectivity index (χ3n) is 2.83. The highest BCUT2D eigenvalue weighted by Crippen LogP contribution is 2.07. The summed E-state index contributed by atoms with van der Waals surface area (Å²) in [7, 11) is 0. The Morgan fingerprint density at radius 2 is 1.17 bits per heavy atom. The Kier molecular flexibility index (Phi) is 9.33. The van der Waals surface area contributed by atoms with Crippen molar-refractivity contribution in [2.45, 2.75) is 78.4 Å². The van der Waals surface area contributed by atoms with E-state index in [-0.39, 0.29) is 24.1 Å². The largest absolute Gasteiger partial charge is 0.463 e. The van der Waals surface area contributed by atoms with Crippen LogP contribution in [0.3, 0.4) is 0 Å². The second-order valence-corrected chi connectivity index (χ2v) is 4.62. The third kappa shape index (κ3) is 9.02. The van der Waals surface area contributed by atoms with Crippen LogP contribution in [0, 0.1) is 0 Å². The van der Waals surface area contributed by atoms with Crippen LogP contribution in [0.25, 0.3) is 0 Å². The molecule has 0 aliphatic rings. The zero-order chi connectivity index (χ0) is 14.0. The monoisotopic (exact) mass is 258 g/mol. The molecular formula is C14H26O4. The molecule has 4 heteroatoms. The van der Waals surface area contributed by atoms with E-state index in [1.807, 2.05) is 27.7 Å². The molecule has 0 amide bonds. The summed E-state index contributed by atoms with van der Waals surface area (Å²) in [6.45, 7) is 7.70. The van der Waals surface area contributed by atoms with Gasteiger partial charge in [0.15, 0.2) is 0 Å². The molecular weight excluding hydrogens is 232 g/mol. The summed E-state index contributed by atoms with van der Waals surface area (Å²) < 4.78 is 10.3. The molecule has 0 bridgehead atoms. The van der Waals surface area contributed by atoms with E-state index in [9.17, 15) is 9.59 Å². The Morgan fingerprint density at radius 1 is 0.833 bits per heavy atom. The minimum absolute atomic E-state index is 0.0205. The molecule has 0 aromatic heterocycles. The van der Waals surface area contributed by atoms with E-state index >= 15 is 0 Å². The second kappa shape index (κ2) is 9.92. The van der Waals surface area contributed by atoms with Crippen molar-refractivity contribution < 1.29 is 19.1 Å². The van der Waals surface area contributed by atoms with Gasteiger partial charge < -0.3 is 9.47 Å². The van der Waals surface area contributed by atoms with Crippen molar-refractivity contribution in [1.82, 2.24) is 0 Å². The smallest absolute Gasteiger partial charge is 0.306 e. The fourth-order valence-corrected chi connectivity index (χ4v) is 1.27. The van der Waals surface area contributed by atoms with Gasteiger partial charge in [-0.25, -0.2) is 0 Å². The summed E-state index contributed by atoms with van der Waals surface area (Å²) in [5, 5.41) is 0. The number of carbonyl (C=O) groups excluding carboxylic acids is 2. The van der Waals surface area contributed by atoms with E-state index in [4.69, 9.17) is 9.47 Å². The zero-order valence-electron chi connectivity index (χ0n) is 12.0. The molecule has 106 valence electrons. The second-order valence-electron chi connectivity index (χ2n) is 4.62. The van der Waals surface area contributed by atoms with E-state index in [2.05, 4.69) is 0 Å². The maximum Gasteiger partial charge on any atom is 0.306 e. The van der Waals surface area contributed by atoms with Crippen molar-refractivity contribution in [1.29, 1.82) is 0 Å². The number of hydrogen-bond acceptors (Lipinski definition) is 4. The number of esters is 2. The molecule has 2 unspecified atom stereocenters. The molecule has 0 aromatic carbocycles. The van der Waals surface area contributed by atoms with E-state index in [0.717, 1.165) is 12.8 Å². The molecule has 0 N–H and O–H groups in total. The van der Waals surface area contributed by atoms with Crippen LogP contribution < -0.4 is 0 Å². The van der Waals surface area contributed by atoms with Crippen LogP contribution in [0.15, 0.2) is 0 Å². The van der Waals surface area contributed by atoms with Gasteiger partial charge in [0.2, 0.25) is 0 Å². The minimum atomic E-state index is -0.181. The van der Waals surface area contributed by atoms with Gasteiger partial charge in [0.05, 0.1) is 12.2 Å². The van der Waals surface area contributed by atoms with Crippen LogP contribution in [0.1, 0.15) is 66.2 Å². The number of unbranched alkanes of at least 4 members (excludes halogenated alkanes) is 1. The Labute approximate surface area is 110 Å². The van der Waals surface area contributed by atoms with Crippen LogP contribution in [0.5, 0.6) is 0 Å². The number of hydrogen-bond donors (Lipinski definition) is 0. The molecule has 0 radical (unpaired) electrons. The van der Waals surface area contributed by atoms with Crippen molar-refractivity contribution in [3.05, 3.63) is 0 Å². The lowest BCUT2D eigenvalue weighted by molar-refractivity contribution is -0.150. The highest BCUT2D eigenvalue weighted by Gasteiger charge is 2.10. The standard InChI is InChI=1S/C14H26O4/c1-5-11(3)17-13(15)9-7-8-10-14(16)18-12(4)6-2/h11-12H,5-10H2,1-4H3. The van der Waals surface area contributed by atoms with Crippen LogP contribution >= 0.6 is 0 Å². The van der Waals surface area contributed by atoms with Gasteiger partial charge in [-0.2, -0.15) is 0 Å². The zero-order valence-corrected chi connectivity index (χ0v) is 12.0. The lowest BCUT2D eigenvalue weighted by atomic mass is 10.2. The summed E-state index contributed by atoms with van der Waals surface area (Å²) in [4.78, 5) is 22.7. The minimum Gasteiger partial charge on any atom is -0.463 e. The quantitative estimate of drug-likeness (QED) is 0.470. The predicted octanol–water partition coefficient (Wildman–Crippen LogP) is 3.23. The lowest BCUT2D eigenvalue weighted by Gasteiger charge is -2.11. The van der Waals surface area contributed by atoms with E-state index in [1.54, 1.807) is 0 Å². The fraction of sp³-hybridized carbons (Fsp3) is 0.857. The van der Waals surface area contributed by atoms with Crippen molar-refractivity contribution in [3.8, 4) is 0 Å². The SMILES string of the molecule is CCC(C)OC(=O)CCCCC(=O)OC(C)CC. The highest BCUT2D eigenvalue weighted by atomic mass is 16.5. The molecule has 0 fully saturated rings. The van der Waals surface area contributed by atoms with Gasteiger partial charge in [-0.3, -0.25) is 9.59 Å². The number of rotatable bonds is 9. The van der Waals surface area contributed by atoms with Gasteiger partial charge in [-0.1, -0.05) is 13.8 Å². The van der Waals surface area contributed by atoms with Crippen molar-refractivity contribution in [2.75, 3.05) is 0 Å². The maximum absolute atomic E-state index is 11.3. The first-order valence-electron chi connectivity index (χ1n) is 6.88. The van der Waals surface area contributed by atoms with E-state index in [0.29, 0.717) is 25.7 Å². The fourth-order valence-electron chi connectivity index (χ4n) is 1.27. The Morgan fingerprint density at radius 3 is 1.44 bits per heavy atom. The van der Waals surface area contributed by atoms with Gasteiger partial charge in [0.25, 0.3) is 0 Å². The first-order valence-corrected chi connectivity index (χ1v) is 6.88. The van der Waals surface area contributed by atoms with Crippen LogP contribution in [-0.4, -0.2) is 24.1 Å². The Bertz CT molecular complexity index is 224. The van der Waals surface area contributed by atoms with Gasteiger partial charge in [0.1, 0.15) is 0 Å². The molecule has 0 saturated carbocycles. The van der Waals surface area contributed by atoms with E-state index in [1.165, 1.54) is 0 Å². The third-order valence-corrected chi connectivity index (χ3v) is 2.83. The van der Waals surface area contributed by atoms with Crippen LogP contribution in [0.2, 0.25) is 0 Å². The average Bonchev–Trinajstić information content (AvgIpc) is 2.34. The topological polar surface area (TPSA) is 52.6 Å². The van der Waals surface area contributed by atoms with Crippen LogP contribution in [0.4, 0.5) is 0 Å². The average molecular weight is 258 g/mol. The number of ether oxygens (including phenoxy) is 2. The molecule has 0 heterocycles. The first kappa shape index (κ1) is 16.9. The normalized spacial score (nSPS) is 13.8. The van der Waals surface area contributed by atoms with Crippen molar-refractivity contribution in [2.24, 2.45) is 0 Å². The summed E-state index contributed by atoms with van der Waals surface area (Å²) in [5.41, 5.74) is 0. The first-order chi connectivity index (χ1) is 8.49. The van der Waals surface area contributed by atoms with Gasteiger partial charge >= 0.3 is 11.9 Å². The highest BCUT2D eigenvalue weighted by molar-refractivity contribution is 5.70. The maximum atomic E-state index is 11.3. The lowest BCUT2D eigenvalue weighted by Crippen LogP contribution is -2.15. The molecule has 0 aromatic rings. The summed E-state index contributed by atoms with van der Waals surface area (Å²) >= 11 is 0. The molecule has 0 aliphatic heterocycles. The van der Waals surface area contributed by atoms with Gasteiger partial charge in [-0.05, 0) is 39.5 Å². The summed E-state index contributed by atoms with van der Waals surface area (Å²) in [5.74, 6) is -0.362. The Hall–Kier alpha value is -1.06. The molecule has 0 rings (SSSR count). The van der Waals surface area contributed by atoms with Crippen LogP contribution in [-0.2, 0) is 19.1 Å². The molecule has 0 spiro atoms. The molecule has 4 nitrogen and oxygen atoms in total. The molecule has 18 heavy (non-hydrogen) atoms. The van der Waals surface area contributed by atoms with E-state index < -0.39 is 0 Å². The predicted molar refractivity (Wildman–Crippen MR) is 70.2 cm³/mol. The molecule has 0 aliphatic carbocycles. The van der Waals surface area contributed by atoms with Crippen molar-refractivity contribution in [3.63, 3.8) is 0 Å². The molecule has 2 atom stereocenters. The van der Waals surface area contributed by atoms with Gasteiger partial charge in [0, 0.05) is 12.8 Å².